The van der Waals surface area contributed by atoms with Crippen molar-refractivity contribution in [2.75, 3.05) is 62.3 Å². The summed E-state index contributed by atoms with van der Waals surface area (Å²) in [7, 11) is -3.45. The first-order valence-corrected chi connectivity index (χ1v) is 11.0. The molecular weight excluding hydrogens is 378 g/mol. The Labute approximate surface area is 165 Å². The van der Waals surface area contributed by atoms with Gasteiger partial charge in [-0.05, 0) is 19.1 Å². The summed E-state index contributed by atoms with van der Waals surface area (Å²) in [4.78, 5) is 13.8. The number of hydrogen-bond donors (Lipinski definition) is 0. The molecule has 9 heteroatoms. The van der Waals surface area contributed by atoms with Gasteiger partial charge in [0.05, 0.1) is 18.1 Å². The third kappa shape index (κ3) is 3.96. The Kier molecular flexibility index (Phi) is 5.47. The lowest BCUT2D eigenvalue weighted by molar-refractivity contribution is 0.122. The monoisotopic (exact) mass is 403 g/mol. The Bertz CT molecular complexity index is 908. The van der Waals surface area contributed by atoms with E-state index in [1.807, 2.05) is 19.1 Å². The third-order valence-corrected chi connectivity index (χ3v) is 7.00. The maximum Gasteiger partial charge on any atom is 0.243 e. The molecule has 0 amide bonds. The zero-order valence-corrected chi connectivity index (χ0v) is 16.8. The summed E-state index contributed by atoms with van der Waals surface area (Å²) in [5.74, 6) is 2.48. The first-order valence-electron chi connectivity index (χ1n) is 9.52. The number of aromatic nitrogens is 2. The zero-order chi connectivity index (χ0) is 19.6. The second kappa shape index (κ2) is 8.02. The zero-order valence-electron chi connectivity index (χ0n) is 16.0. The molecule has 2 aromatic rings. The molecule has 1 aromatic carbocycles. The Hall–Kier alpha value is -2.23. The number of sulfonamides is 1. The highest BCUT2D eigenvalue weighted by Gasteiger charge is 2.29. The topological polar surface area (TPSA) is 78.9 Å². The molecule has 0 N–H and O–H groups in total. The third-order valence-electron chi connectivity index (χ3n) is 5.09. The predicted octanol–water partition coefficient (Wildman–Crippen LogP) is 1.13. The normalized spacial score (nSPS) is 19.0. The fraction of sp³-hybridized carbons (Fsp3) is 0.474. The largest absolute Gasteiger partial charge is 0.378 e. The van der Waals surface area contributed by atoms with Gasteiger partial charge in [-0.25, -0.2) is 18.4 Å². The van der Waals surface area contributed by atoms with E-state index in [0.29, 0.717) is 44.3 Å². The van der Waals surface area contributed by atoms with Crippen LogP contribution < -0.4 is 9.80 Å². The van der Waals surface area contributed by atoms with E-state index in [9.17, 15) is 8.42 Å². The first kappa shape index (κ1) is 19.1. The molecule has 28 heavy (non-hydrogen) atoms. The van der Waals surface area contributed by atoms with Crippen molar-refractivity contribution in [2.45, 2.75) is 11.8 Å². The molecule has 1 aromatic heterocycles. The number of morpholine rings is 1. The van der Waals surface area contributed by atoms with Crippen LogP contribution >= 0.6 is 0 Å². The van der Waals surface area contributed by atoms with E-state index in [2.05, 4.69) is 19.8 Å². The number of ether oxygens (including phenoxy) is 1. The summed E-state index contributed by atoms with van der Waals surface area (Å²) in [5.41, 5.74) is 0. The highest BCUT2D eigenvalue weighted by Crippen LogP contribution is 2.23. The van der Waals surface area contributed by atoms with Crippen LogP contribution in [-0.4, -0.2) is 75.2 Å². The lowest BCUT2D eigenvalue weighted by Gasteiger charge is -2.35. The molecule has 0 spiro atoms. The lowest BCUT2D eigenvalue weighted by atomic mass is 10.3. The Morgan fingerprint density at radius 1 is 0.857 bits per heavy atom. The highest BCUT2D eigenvalue weighted by atomic mass is 32.2. The lowest BCUT2D eigenvalue weighted by Crippen LogP contribution is -2.49. The van der Waals surface area contributed by atoms with Gasteiger partial charge in [-0.1, -0.05) is 18.2 Å². The smallest absolute Gasteiger partial charge is 0.243 e. The number of benzene rings is 1. The molecule has 0 aliphatic carbocycles. The molecule has 3 heterocycles. The van der Waals surface area contributed by atoms with Crippen molar-refractivity contribution >= 4 is 21.7 Å². The van der Waals surface area contributed by atoms with Gasteiger partial charge < -0.3 is 14.5 Å². The Morgan fingerprint density at radius 2 is 1.43 bits per heavy atom. The van der Waals surface area contributed by atoms with Gasteiger partial charge in [0.1, 0.15) is 17.5 Å². The van der Waals surface area contributed by atoms with Crippen LogP contribution in [0.4, 0.5) is 11.6 Å². The van der Waals surface area contributed by atoms with Crippen molar-refractivity contribution in [3.8, 4) is 0 Å². The Morgan fingerprint density at radius 3 is 2.04 bits per heavy atom. The number of nitrogens with zero attached hydrogens (tertiary/aromatic N) is 5. The number of rotatable bonds is 4. The quantitative estimate of drug-likeness (QED) is 0.757. The molecular formula is C19H25N5O3S. The van der Waals surface area contributed by atoms with Gasteiger partial charge >= 0.3 is 0 Å². The number of piperazine rings is 1. The van der Waals surface area contributed by atoms with Crippen molar-refractivity contribution in [1.29, 1.82) is 0 Å². The SMILES string of the molecule is Cc1nc(N2CCOCC2)cc(N2CCN(S(=O)(=O)c3ccccc3)CC2)n1. The van der Waals surface area contributed by atoms with Crippen LogP contribution in [0, 0.1) is 6.92 Å². The fourth-order valence-electron chi connectivity index (χ4n) is 3.55. The maximum atomic E-state index is 12.8. The summed E-state index contributed by atoms with van der Waals surface area (Å²) in [6, 6.07) is 10.6. The van der Waals surface area contributed by atoms with Crippen LogP contribution in [0.1, 0.15) is 5.82 Å². The summed E-state index contributed by atoms with van der Waals surface area (Å²) < 4.78 is 32.6. The minimum Gasteiger partial charge on any atom is -0.378 e. The van der Waals surface area contributed by atoms with Crippen molar-refractivity contribution in [3.63, 3.8) is 0 Å². The predicted molar refractivity (Wildman–Crippen MR) is 107 cm³/mol. The second-order valence-corrected chi connectivity index (χ2v) is 8.87. The van der Waals surface area contributed by atoms with Crippen molar-refractivity contribution < 1.29 is 13.2 Å². The van der Waals surface area contributed by atoms with E-state index in [0.717, 1.165) is 30.5 Å². The van der Waals surface area contributed by atoms with Crippen LogP contribution in [-0.2, 0) is 14.8 Å². The summed E-state index contributed by atoms with van der Waals surface area (Å²) in [5, 5.41) is 0. The number of hydrogen-bond acceptors (Lipinski definition) is 7. The van der Waals surface area contributed by atoms with Gasteiger partial charge in [0.25, 0.3) is 0 Å². The van der Waals surface area contributed by atoms with Crippen LogP contribution in [0.25, 0.3) is 0 Å². The average molecular weight is 404 g/mol. The fourth-order valence-corrected chi connectivity index (χ4v) is 5.00. The van der Waals surface area contributed by atoms with Crippen LogP contribution in [0.3, 0.4) is 0 Å². The van der Waals surface area contributed by atoms with Crippen LogP contribution in [0.2, 0.25) is 0 Å². The molecule has 4 rings (SSSR count). The van der Waals surface area contributed by atoms with E-state index < -0.39 is 10.0 Å². The van der Waals surface area contributed by atoms with Crippen molar-refractivity contribution in [3.05, 3.63) is 42.2 Å². The summed E-state index contributed by atoms with van der Waals surface area (Å²) >= 11 is 0. The average Bonchev–Trinajstić information content (AvgIpc) is 2.75. The molecule has 2 aliphatic rings. The summed E-state index contributed by atoms with van der Waals surface area (Å²) in [6.45, 7) is 7.01. The first-order chi connectivity index (χ1) is 13.5. The van der Waals surface area contributed by atoms with E-state index in [4.69, 9.17) is 4.74 Å². The van der Waals surface area contributed by atoms with Crippen molar-refractivity contribution in [1.82, 2.24) is 14.3 Å². The van der Waals surface area contributed by atoms with E-state index in [1.54, 1.807) is 28.6 Å². The minimum absolute atomic E-state index is 0.343. The molecule has 0 bridgehead atoms. The molecule has 150 valence electrons. The van der Waals surface area contributed by atoms with Crippen LogP contribution in [0.15, 0.2) is 41.3 Å². The molecule has 0 unspecified atom stereocenters. The molecule has 0 radical (unpaired) electrons. The molecule has 0 atom stereocenters. The second-order valence-electron chi connectivity index (χ2n) is 6.94. The van der Waals surface area contributed by atoms with E-state index in [-0.39, 0.29) is 0 Å². The molecule has 2 saturated heterocycles. The van der Waals surface area contributed by atoms with Gasteiger partial charge in [-0.2, -0.15) is 4.31 Å². The molecule has 8 nitrogen and oxygen atoms in total. The molecule has 2 aliphatic heterocycles. The Balaban J connectivity index is 1.47. The van der Waals surface area contributed by atoms with Gasteiger partial charge in [-0.3, -0.25) is 0 Å². The summed E-state index contributed by atoms with van der Waals surface area (Å²) in [6.07, 6.45) is 0. The van der Waals surface area contributed by atoms with Crippen molar-refractivity contribution in [2.24, 2.45) is 0 Å². The van der Waals surface area contributed by atoms with Crippen LogP contribution in [0.5, 0.6) is 0 Å². The molecule has 2 fully saturated rings. The number of aryl methyl sites for hydroxylation is 1. The van der Waals surface area contributed by atoms with Gasteiger partial charge in [0.15, 0.2) is 0 Å². The standard InChI is InChI=1S/C19H25N5O3S/c1-16-20-18(15-19(21-16)23-11-13-27-14-12-23)22-7-9-24(10-8-22)28(25,26)17-5-3-2-4-6-17/h2-6,15H,7-14H2,1H3. The maximum absolute atomic E-state index is 12.8. The van der Waals surface area contributed by atoms with E-state index in [1.165, 1.54) is 0 Å². The van der Waals surface area contributed by atoms with E-state index >= 15 is 0 Å². The number of anilines is 2. The molecule has 0 saturated carbocycles. The minimum atomic E-state index is -3.45. The van der Waals surface area contributed by atoms with Gasteiger partial charge in [-0.15, -0.1) is 0 Å². The highest BCUT2D eigenvalue weighted by molar-refractivity contribution is 7.89. The van der Waals surface area contributed by atoms with Gasteiger partial charge in [0.2, 0.25) is 10.0 Å². The van der Waals surface area contributed by atoms with Gasteiger partial charge in [0, 0.05) is 45.3 Å².